The third-order valence-corrected chi connectivity index (χ3v) is 3.86. The first kappa shape index (κ1) is 18.1. The highest BCUT2D eigenvalue weighted by Crippen LogP contribution is 2.39. The van der Waals surface area contributed by atoms with Gasteiger partial charge in [0.15, 0.2) is 0 Å². The van der Waals surface area contributed by atoms with Gasteiger partial charge in [-0.15, -0.1) is 5.10 Å². The summed E-state index contributed by atoms with van der Waals surface area (Å²) in [5.74, 6) is -1.56. The second kappa shape index (κ2) is 6.56. The standard InChI is InChI=1S/C16H10ClF4N3O2/c1-8(7-25)24-14-6-9(2-3-13(14)22-23-24)26-10-4-11(17)15(12(18)5-10)16(19,20)21/h2-8H,1H3. The smallest absolute Gasteiger partial charge is 0.420 e. The van der Waals surface area contributed by atoms with E-state index in [1.54, 1.807) is 13.0 Å². The zero-order chi connectivity index (χ0) is 19.1. The molecule has 0 aliphatic rings. The molecular weight excluding hydrogens is 378 g/mol. The number of halogens is 5. The van der Waals surface area contributed by atoms with Crippen LogP contribution < -0.4 is 4.74 Å². The number of benzene rings is 2. The van der Waals surface area contributed by atoms with Crippen LogP contribution in [0.3, 0.4) is 0 Å². The number of nitrogens with zero attached hydrogens (tertiary/aromatic N) is 3. The Morgan fingerprint density at radius 1 is 1.23 bits per heavy atom. The Bertz CT molecular complexity index is 964. The lowest BCUT2D eigenvalue weighted by atomic mass is 10.2. The van der Waals surface area contributed by atoms with Crippen molar-refractivity contribution in [3.8, 4) is 11.5 Å². The Morgan fingerprint density at radius 2 is 1.96 bits per heavy atom. The molecule has 1 aromatic heterocycles. The lowest BCUT2D eigenvalue weighted by molar-refractivity contribution is -0.139. The third-order valence-electron chi connectivity index (χ3n) is 3.56. The molecule has 3 aromatic rings. The quantitative estimate of drug-likeness (QED) is 0.477. The van der Waals surface area contributed by atoms with Gasteiger partial charge in [-0.25, -0.2) is 9.07 Å². The lowest BCUT2D eigenvalue weighted by Gasteiger charge is -2.13. The maximum atomic E-state index is 13.8. The fraction of sp³-hybridized carbons (Fsp3) is 0.188. The molecule has 0 bridgehead atoms. The molecule has 1 atom stereocenters. The van der Waals surface area contributed by atoms with E-state index in [0.717, 1.165) is 6.07 Å². The summed E-state index contributed by atoms with van der Waals surface area (Å²) in [5.41, 5.74) is -0.590. The minimum Gasteiger partial charge on any atom is -0.457 e. The molecule has 2 aromatic carbocycles. The largest absolute Gasteiger partial charge is 0.457 e. The maximum absolute atomic E-state index is 13.8. The first-order valence-electron chi connectivity index (χ1n) is 7.25. The highest BCUT2D eigenvalue weighted by Gasteiger charge is 2.37. The Labute approximate surface area is 149 Å². The number of ether oxygens (including phenoxy) is 1. The molecule has 136 valence electrons. The minimum atomic E-state index is -4.91. The fourth-order valence-electron chi connectivity index (χ4n) is 2.35. The second-order valence-corrected chi connectivity index (χ2v) is 5.83. The SMILES string of the molecule is CC(C=O)n1nnc2ccc(Oc3cc(F)c(C(F)(F)F)c(Cl)c3)cc21. The Balaban J connectivity index is 1.98. The number of carbonyl (C=O) groups excluding carboxylic acids is 1. The van der Waals surface area contributed by atoms with Crippen molar-refractivity contribution < 1.29 is 27.1 Å². The molecule has 0 amide bonds. The van der Waals surface area contributed by atoms with Crippen molar-refractivity contribution in [1.29, 1.82) is 0 Å². The van der Waals surface area contributed by atoms with Crippen molar-refractivity contribution >= 4 is 28.9 Å². The van der Waals surface area contributed by atoms with Crippen LogP contribution in [0.1, 0.15) is 18.5 Å². The van der Waals surface area contributed by atoms with Gasteiger partial charge in [-0.3, -0.25) is 0 Å². The van der Waals surface area contributed by atoms with Crippen LogP contribution >= 0.6 is 11.6 Å². The number of aromatic nitrogens is 3. The average molecular weight is 388 g/mol. The molecule has 0 aliphatic heterocycles. The number of alkyl halides is 3. The lowest BCUT2D eigenvalue weighted by Crippen LogP contribution is -2.09. The summed E-state index contributed by atoms with van der Waals surface area (Å²) in [5, 5.41) is 6.94. The summed E-state index contributed by atoms with van der Waals surface area (Å²) < 4.78 is 58.8. The van der Waals surface area contributed by atoms with Crippen molar-refractivity contribution in [2.24, 2.45) is 0 Å². The Morgan fingerprint density at radius 3 is 2.58 bits per heavy atom. The fourth-order valence-corrected chi connectivity index (χ4v) is 2.66. The highest BCUT2D eigenvalue weighted by molar-refractivity contribution is 6.31. The van der Waals surface area contributed by atoms with Gasteiger partial charge in [0.2, 0.25) is 0 Å². The third kappa shape index (κ3) is 3.34. The predicted molar refractivity (Wildman–Crippen MR) is 84.8 cm³/mol. The van der Waals surface area contributed by atoms with Gasteiger partial charge in [0.1, 0.15) is 40.7 Å². The molecule has 1 heterocycles. The highest BCUT2D eigenvalue weighted by atomic mass is 35.5. The monoisotopic (exact) mass is 387 g/mol. The molecule has 10 heteroatoms. The van der Waals surface area contributed by atoms with Crippen molar-refractivity contribution in [1.82, 2.24) is 15.0 Å². The summed E-state index contributed by atoms with van der Waals surface area (Å²) >= 11 is 5.55. The molecule has 5 nitrogen and oxygen atoms in total. The molecule has 3 rings (SSSR count). The molecule has 0 saturated carbocycles. The summed E-state index contributed by atoms with van der Waals surface area (Å²) in [7, 11) is 0. The van der Waals surface area contributed by atoms with E-state index in [1.165, 1.54) is 16.8 Å². The molecule has 26 heavy (non-hydrogen) atoms. The number of rotatable bonds is 4. The second-order valence-electron chi connectivity index (χ2n) is 5.42. The number of fused-ring (bicyclic) bond motifs is 1. The maximum Gasteiger partial charge on any atom is 0.420 e. The van der Waals surface area contributed by atoms with Gasteiger partial charge in [0, 0.05) is 18.2 Å². The molecule has 0 fully saturated rings. The Hall–Kier alpha value is -2.68. The minimum absolute atomic E-state index is 0.189. The van der Waals surface area contributed by atoms with Gasteiger partial charge < -0.3 is 9.53 Å². The van der Waals surface area contributed by atoms with Crippen LogP contribution in [-0.4, -0.2) is 21.3 Å². The normalized spacial score (nSPS) is 13.0. The van der Waals surface area contributed by atoms with Crippen LogP contribution in [0.5, 0.6) is 11.5 Å². The average Bonchev–Trinajstić information content (AvgIpc) is 2.95. The zero-order valence-corrected chi connectivity index (χ0v) is 13.8. The van der Waals surface area contributed by atoms with Gasteiger partial charge >= 0.3 is 6.18 Å². The van der Waals surface area contributed by atoms with E-state index in [1.807, 2.05) is 0 Å². The van der Waals surface area contributed by atoms with Crippen molar-refractivity contribution in [2.45, 2.75) is 19.1 Å². The van der Waals surface area contributed by atoms with E-state index in [9.17, 15) is 22.4 Å². The molecule has 0 aliphatic carbocycles. The molecule has 0 saturated heterocycles. The van der Waals surface area contributed by atoms with Crippen molar-refractivity contribution in [3.05, 3.63) is 46.7 Å². The van der Waals surface area contributed by atoms with Crippen molar-refractivity contribution in [2.75, 3.05) is 0 Å². The summed E-state index contributed by atoms with van der Waals surface area (Å²) in [4.78, 5) is 10.9. The van der Waals surface area contributed by atoms with Gasteiger partial charge in [-0.05, 0) is 19.1 Å². The zero-order valence-electron chi connectivity index (χ0n) is 13.1. The summed E-state index contributed by atoms with van der Waals surface area (Å²) in [6.45, 7) is 1.61. The molecule has 0 spiro atoms. The number of carbonyl (C=O) groups is 1. The van der Waals surface area contributed by atoms with E-state index >= 15 is 0 Å². The van der Waals surface area contributed by atoms with Gasteiger partial charge in [-0.2, -0.15) is 13.2 Å². The number of hydrogen-bond donors (Lipinski definition) is 0. The van der Waals surface area contributed by atoms with Crippen LogP contribution in [-0.2, 0) is 11.0 Å². The summed E-state index contributed by atoms with van der Waals surface area (Å²) in [6.07, 6.45) is -4.24. The van der Waals surface area contributed by atoms with E-state index in [4.69, 9.17) is 16.3 Å². The number of hydrogen-bond acceptors (Lipinski definition) is 4. The van der Waals surface area contributed by atoms with E-state index in [2.05, 4.69) is 10.3 Å². The summed E-state index contributed by atoms with van der Waals surface area (Å²) in [6, 6.07) is 5.42. The van der Waals surface area contributed by atoms with Crippen molar-refractivity contribution in [3.63, 3.8) is 0 Å². The van der Waals surface area contributed by atoms with E-state index < -0.39 is 28.6 Å². The molecular formula is C16H10ClF4N3O2. The van der Waals surface area contributed by atoms with Crippen LogP contribution in [0, 0.1) is 5.82 Å². The first-order valence-corrected chi connectivity index (χ1v) is 7.63. The van der Waals surface area contributed by atoms with Crippen LogP contribution in [0.25, 0.3) is 11.0 Å². The molecule has 0 N–H and O–H groups in total. The van der Waals surface area contributed by atoms with Gasteiger partial charge in [-0.1, -0.05) is 16.8 Å². The van der Waals surface area contributed by atoms with Crippen LogP contribution in [0.4, 0.5) is 17.6 Å². The van der Waals surface area contributed by atoms with Crippen LogP contribution in [0.15, 0.2) is 30.3 Å². The Kier molecular flexibility index (Phi) is 4.57. The predicted octanol–water partition coefficient (Wildman–Crippen LogP) is 4.79. The molecule has 1 unspecified atom stereocenters. The number of aldehydes is 1. The topological polar surface area (TPSA) is 57.0 Å². The van der Waals surface area contributed by atoms with E-state index in [-0.39, 0.29) is 11.5 Å². The van der Waals surface area contributed by atoms with Gasteiger partial charge in [0.25, 0.3) is 0 Å². The molecule has 0 radical (unpaired) electrons. The van der Waals surface area contributed by atoms with Gasteiger partial charge in [0.05, 0.1) is 10.5 Å². The first-order chi connectivity index (χ1) is 12.2. The van der Waals surface area contributed by atoms with E-state index in [0.29, 0.717) is 23.4 Å². The van der Waals surface area contributed by atoms with Crippen LogP contribution in [0.2, 0.25) is 5.02 Å².